The minimum absolute atomic E-state index is 0.776. The molecule has 4 N–H and O–H groups in total. The molecule has 0 aromatic rings. The van der Waals surface area contributed by atoms with Gasteiger partial charge in [0.05, 0.1) is 0 Å². The fraction of sp³-hybridized carbons (Fsp3) is 0.250. The number of rotatable bonds is 0. The molecule has 54 valence electrons. The second kappa shape index (κ2) is 2.60. The zero-order valence-electron chi connectivity index (χ0n) is 6.09. The maximum atomic E-state index is 5.61. The third kappa shape index (κ3) is 1.65. The van der Waals surface area contributed by atoms with E-state index in [0.717, 1.165) is 17.8 Å². The summed E-state index contributed by atoms with van der Waals surface area (Å²) in [5.74, 6) is 0. The Kier molecular flexibility index (Phi) is 1.81. The van der Waals surface area contributed by atoms with Crippen LogP contribution in [0.3, 0.4) is 0 Å². The van der Waals surface area contributed by atoms with Crippen molar-refractivity contribution in [2.45, 2.75) is 13.3 Å². The highest BCUT2D eigenvalue weighted by atomic mass is 14.6. The molecule has 0 atom stereocenters. The van der Waals surface area contributed by atoms with E-state index in [-0.39, 0.29) is 0 Å². The van der Waals surface area contributed by atoms with Crippen LogP contribution in [-0.2, 0) is 0 Å². The SMILES string of the molecule is CC1=CC(N)=CC=C(N)C1. The number of nitrogens with two attached hydrogens (primary N) is 2. The molecular formula is C8H12N2. The Hall–Kier alpha value is -1.18. The van der Waals surface area contributed by atoms with E-state index in [1.54, 1.807) is 0 Å². The van der Waals surface area contributed by atoms with Gasteiger partial charge in [-0.25, -0.2) is 0 Å². The van der Waals surface area contributed by atoms with Crippen LogP contribution in [-0.4, -0.2) is 0 Å². The predicted octanol–water partition coefficient (Wildman–Crippen LogP) is 1.02. The molecule has 0 saturated heterocycles. The van der Waals surface area contributed by atoms with Crippen molar-refractivity contribution in [2.24, 2.45) is 11.5 Å². The summed E-state index contributed by atoms with van der Waals surface area (Å²) in [7, 11) is 0. The minimum Gasteiger partial charge on any atom is -0.402 e. The van der Waals surface area contributed by atoms with Crippen LogP contribution in [0, 0.1) is 0 Å². The topological polar surface area (TPSA) is 52.0 Å². The molecule has 0 aromatic carbocycles. The van der Waals surface area contributed by atoms with Crippen LogP contribution in [0.15, 0.2) is 35.2 Å². The third-order valence-corrected chi connectivity index (χ3v) is 1.39. The normalized spacial score (nSPS) is 18.7. The lowest BCUT2D eigenvalue weighted by Gasteiger charge is -1.96. The summed E-state index contributed by atoms with van der Waals surface area (Å²) >= 11 is 0. The van der Waals surface area contributed by atoms with Gasteiger partial charge in [0.25, 0.3) is 0 Å². The zero-order valence-corrected chi connectivity index (χ0v) is 6.09. The summed E-state index contributed by atoms with van der Waals surface area (Å²) in [6.07, 6.45) is 6.45. The smallest absolute Gasteiger partial charge is 0.0314 e. The van der Waals surface area contributed by atoms with Gasteiger partial charge in [-0.2, -0.15) is 0 Å². The highest BCUT2D eigenvalue weighted by Crippen LogP contribution is 2.11. The molecule has 0 radical (unpaired) electrons. The molecule has 2 heteroatoms. The third-order valence-electron chi connectivity index (χ3n) is 1.39. The van der Waals surface area contributed by atoms with Crippen molar-refractivity contribution in [1.82, 2.24) is 0 Å². The van der Waals surface area contributed by atoms with E-state index in [2.05, 4.69) is 0 Å². The first kappa shape index (κ1) is 6.93. The Morgan fingerprint density at radius 1 is 1.30 bits per heavy atom. The highest BCUT2D eigenvalue weighted by molar-refractivity contribution is 5.31. The molecule has 0 bridgehead atoms. The summed E-state index contributed by atoms with van der Waals surface area (Å²) in [5.41, 5.74) is 14.0. The number of allylic oxidation sites excluding steroid dienone is 4. The molecule has 0 aliphatic heterocycles. The lowest BCUT2D eigenvalue weighted by Crippen LogP contribution is -1.95. The molecule has 1 rings (SSSR count). The molecular weight excluding hydrogens is 124 g/mol. The molecule has 0 heterocycles. The molecule has 0 saturated carbocycles. The monoisotopic (exact) mass is 136 g/mol. The van der Waals surface area contributed by atoms with Gasteiger partial charge in [0, 0.05) is 17.8 Å². The standard InChI is InChI=1S/C8H12N2/c1-6-4-7(9)2-3-8(10)5-6/h2-4H,5,9-10H2,1H3. The average molecular weight is 136 g/mol. The molecule has 2 nitrogen and oxygen atoms in total. The van der Waals surface area contributed by atoms with Gasteiger partial charge in [0.1, 0.15) is 0 Å². The first-order chi connectivity index (χ1) is 4.68. The Bertz CT molecular complexity index is 221. The van der Waals surface area contributed by atoms with Crippen LogP contribution >= 0.6 is 0 Å². The van der Waals surface area contributed by atoms with Crippen LogP contribution < -0.4 is 11.5 Å². The fourth-order valence-electron chi connectivity index (χ4n) is 0.968. The van der Waals surface area contributed by atoms with Gasteiger partial charge in [-0.3, -0.25) is 0 Å². The van der Waals surface area contributed by atoms with Gasteiger partial charge >= 0.3 is 0 Å². The molecule has 1 aliphatic carbocycles. The summed E-state index contributed by atoms with van der Waals surface area (Å²) in [6.45, 7) is 2.02. The number of hydrogen-bond acceptors (Lipinski definition) is 2. The molecule has 0 fully saturated rings. The molecule has 1 aliphatic rings. The summed E-state index contributed by atoms with van der Waals surface area (Å²) < 4.78 is 0. The van der Waals surface area contributed by atoms with Crippen molar-refractivity contribution in [2.75, 3.05) is 0 Å². The van der Waals surface area contributed by atoms with Crippen LogP contribution in [0.4, 0.5) is 0 Å². The molecule has 0 aromatic heterocycles. The van der Waals surface area contributed by atoms with Gasteiger partial charge in [-0.15, -0.1) is 0 Å². The largest absolute Gasteiger partial charge is 0.402 e. The molecule has 0 unspecified atom stereocenters. The quantitative estimate of drug-likeness (QED) is 0.522. The van der Waals surface area contributed by atoms with Gasteiger partial charge in [0.2, 0.25) is 0 Å². The summed E-state index contributed by atoms with van der Waals surface area (Å²) in [6, 6.07) is 0. The Labute approximate surface area is 60.9 Å². The first-order valence-electron chi connectivity index (χ1n) is 3.27. The van der Waals surface area contributed by atoms with Gasteiger partial charge in [-0.05, 0) is 25.2 Å². The fourth-order valence-corrected chi connectivity index (χ4v) is 0.968. The summed E-state index contributed by atoms with van der Waals surface area (Å²) in [4.78, 5) is 0. The number of hydrogen-bond donors (Lipinski definition) is 2. The Balaban J connectivity index is 2.90. The van der Waals surface area contributed by atoms with Crippen molar-refractivity contribution in [3.8, 4) is 0 Å². The van der Waals surface area contributed by atoms with E-state index < -0.39 is 0 Å². The van der Waals surface area contributed by atoms with Gasteiger partial charge < -0.3 is 11.5 Å². The van der Waals surface area contributed by atoms with E-state index in [1.165, 1.54) is 5.57 Å². The van der Waals surface area contributed by atoms with Gasteiger partial charge in [0.15, 0.2) is 0 Å². The van der Waals surface area contributed by atoms with E-state index >= 15 is 0 Å². The average Bonchev–Trinajstić information content (AvgIpc) is 1.93. The highest BCUT2D eigenvalue weighted by Gasteiger charge is 1.96. The Morgan fingerprint density at radius 2 is 2.00 bits per heavy atom. The lowest BCUT2D eigenvalue weighted by atomic mass is 10.2. The maximum absolute atomic E-state index is 5.61. The summed E-state index contributed by atoms with van der Waals surface area (Å²) in [5, 5.41) is 0. The second-order valence-electron chi connectivity index (χ2n) is 2.58. The van der Waals surface area contributed by atoms with E-state index in [9.17, 15) is 0 Å². The van der Waals surface area contributed by atoms with Crippen LogP contribution in [0.5, 0.6) is 0 Å². The lowest BCUT2D eigenvalue weighted by molar-refractivity contribution is 1.08. The van der Waals surface area contributed by atoms with Crippen molar-refractivity contribution < 1.29 is 0 Å². The van der Waals surface area contributed by atoms with Crippen LogP contribution in [0.1, 0.15) is 13.3 Å². The molecule has 0 amide bonds. The van der Waals surface area contributed by atoms with E-state index in [0.29, 0.717) is 0 Å². The molecule has 0 spiro atoms. The minimum atomic E-state index is 0.776. The van der Waals surface area contributed by atoms with E-state index in [1.807, 2.05) is 25.2 Å². The zero-order chi connectivity index (χ0) is 7.56. The van der Waals surface area contributed by atoms with Crippen molar-refractivity contribution in [3.05, 3.63) is 35.2 Å². The molecule has 10 heavy (non-hydrogen) atoms. The second-order valence-corrected chi connectivity index (χ2v) is 2.58. The maximum Gasteiger partial charge on any atom is 0.0314 e. The van der Waals surface area contributed by atoms with Crippen molar-refractivity contribution in [3.63, 3.8) is 0 Å². The first-order valence-corrected chi connectivity index (χ1v) is 3.27. The van der Waals surface area contributed by atoms with Crippen LogP contribution in [0.2, 0.25) is 0 Å². The van der Waals surface area contributed by atoms with Gasteiger partial charge in [-0.1, -0.05) is 5.57 Å². The van der Waals surface area contributed by atoms with Crippen LogP contribution in [0.25, 0.3) is 0 Å². The van der Waals surface area contributed by atoms with E-state index in [4.69, 9.17) is 11.5 Å². The van der Waals surface area contributed by atoms with Crippen molar-refractivity contribution in [1.29, 1.82) is 0 Å². The predicted molar refractivity (Wildman–Crippen MR) is 42.9 cm³/mol. The van der Waals surface area contributed by atoms with Crippen molar-refractivity contribution >= 4 is 0 Å². The Morgan fingerprint density at radius 3 is 2.70 bits per heavy atom.